The highest BCUT2D eigenvalue weighted by molar-refractivity contribution is 6.30. The molecule has 4 rings (SSSR count). The predicted octanol–water partition coefficient (Wildman–Crippen LogP) is 6.24. The second-order valence-corrected chi connectivity index (χ2v) is 9.05. The number of carbonyl (C=O) groups is 1. The molecule has 0 saturated heterocycles. The Morgan fingerprint density at radius 2 is 1.78 bits per heavy atom. The van der Waals surface area contributed by atoms with Crippen LogP contribution in [0, 0.1) is 6.92 Å². The SMILES string of the molecule is Cc1ccccc1Cn1cccc1CN(C(=O)COc1ccc(Cl)cc1)C1CCCCC1. The first-order chi connectivity index (χ1) is 15.6. The minimum absolute atomic E-state index is 0.0375. The number of aromatic nitrogens is 1. The summed E-state index contributed by atoms with van der Waals surface area (Å²) < 4.78 is 8.05. The Morgan fingerprint density at radius 3 is 2.53 bits per heavy atom. The lowest BCUT2D eigenvalue weighted by atomic mass is 9.94. The van der Waals surface area contributed by atoms with Crippen LogP contribution in [-0.4, -0.2) is 28.0 Å². The molecule has 4 nitrogen and oxygen atoms in total. The second-order valence-electron chi connectivity index (χ2n) is 8.61. The van der Waals surface area contributed by atoms with Gasteiger partial charge in [-0.3, -0.25) is 4.79 Å². The van der Waals surface area contributed by atoms with Gasteiger partial charge in [0.05, 0.1) is 6.54 Å². The van der Waals surface area contributed by atoms with Crippen LogP contribution in [0.15, 0.2) is 66.9 Å². The number of hydrogen-bond acceptors (Lipinski definition) is 2. The van der Waals surface area contributed by atoms with Gasteiger partial charge in [0.15, 0.2) is 6.61 Å². The first-order valence-electron chi connectivity index (χ1n) is 11.5. The Balaban J connectivity index is 1.48. The predicted molar refractivity (Wildman–Crippen MR) is 129 cm³/mol. The summed E-state index contributed by atoms with van der Waals surface area (Å²) in [5.74, 6) is 0.699. The molecule has 0 spiro atoms. The summed E-state index contributed by atoms with van der Waals surface area (Å²) in [7, 11) is 0. The molecule has 1 saturated carbocycles. The maximum atomic E-state index is 13.3. The highest BCUT2D eigenvalue weighted by Gasteiger charge is 2.26. The van der Waals surface area contributed by atoms with Crippen LogP contribution in [0.5, 0.6) is 5.75 Å². The van der Waals surface area contributed by atoms with Crippen molar-refractivity contribution in [2.24, 2.45) is 0 Å². The van der Waals surface area contributed by atoms with Crippen LogP contribution in [0.25, 0.3) is 0 Å². The molecule has 1 aliphatic rings. The Hall–Kier alpha value is -2.72. The lowest BCUT2D eigenvalue weighted by Crippen LogP contribution is -2.43. The lowest BCUT2D eigenvalue weighted by molar-refractivity contribution is -0.137. The molecule has 1 aliphatic carbocycles. The van der Waals surface area contributed by atoms with Crippen molar-refractivity contribution in [1.29, 1.82) is 0 Å². The molecular formula is C27H31ClN2O2. The van der Waals surface area contributed by atoms with E-state index in [1.165, 1.54) is 30.4 Å². The highest BCUT2D eigenvalue weighted by Crippen LogP contribution is 2.25. The number of aryl methyl sites for hydroxylation is 1. The van der Waals surface area contributed by atoms with Gasteiger partial charge in [-0.2, -0.15) is 0 Å². The van der Waals surface area contributed by atoms with Gasteiger partial charge in [-0.15, -0.1) is 0 Å². The fraction of sp³-hybridized carbons (Fsp3) is 0.370. The summed E-state index contributed by atoms with van der Waals surface area (Å²) in [5, 5.41) is 0.655. The van der Waals surface area contributed by atoms with Gasteiger partial charge >= 0.3 is 0 Å². The van der Waals surface area contributed by atoms with E-state index in [1.807, 2.05) is 4.90 Å². The smallest absolute Gasteiger partial charge is 0.261 e. The summed E-state index contributed by atoms with van der Waals surface area (Å²) in [6.45, 7) is 3.59. The zero-order valence-corrected chi connectivity index (χ0v) is 19.4. The first kappa shape index (κ1) is 22.5. The third-order valence-corrected chi connectivity index (χ3v) is 6.62. The molecule has 0 radical (unpaired) electrons. The molecule has 1 aromatic heterocycles. The average molecular weight is 451 g/mol. The van der Waals surface area contributed by atoms with Crippen LogP contribution in [0.2, 0.25) is 5.02 Å². The fourth-order valence-corrected chi connectivity index (χ4v) is 4.59. The third-order valence-electron chi connectivity index (χ3n) is 6.37. The van der Waals surface area contributed by atoms with Crippen molar-refractivity contribution >= 4 is 17.5 Å². The van der Waals surface area contributed by atoms with E-state index in [0.717, 1.165) is 25.1 Å². The zero-order valence-electron chi connectivity index (χ0n) is 18.7. The van der Waals surface area contributed by atoms with Crippen LogP contribution < -0.4 is 4.74 Å². The standard InChI is InChI=1S/C27H31ClN2O2/c1-21-8-5-6-9-22(21)18-29-17-7-12-25(29)19-30(24-10-3-2-4-11-24)27(31)20-32-26-15-13-23(28)14-16-26/h5-9,12-17,24H,2-4,10-11,18-20H2,1H3. The molecule has 0 N–H and O–H groups in total. The Labute approximate surface area is 195 Å². The number of benzene rings is 2. The summed E-state index contributed by atoms with van der Waals surface area (Å²) in [4.78, 5) is 15.3. The quantitative estimate of drug-likeness (QED) is 0.407. The normalized spacial score (nSPS) is 14.3. The van der Waals surface area contributed by atoms with Crippen molar-refractivity contribution in [3.8, 4) is 5.75 Å². The van der Waals surface area contributed by atoms with Gasteiger partial charge in [0.2, 0.25) is 0 Å². The van der Waals surface area contributed by atoms with E-state index in [0.29, 0.717) is 17.3 Å². The molecule has 0 atom stereocenters. The molecule has 168 valence electrons. The molecule has 1 fully saturated rings. The van der Waals surface area contributed by atoms with Crippen molar-refractivity contribution in [2.45, 2.75) is 58.2 Å². The van der Waals surface area contributed by atoms with E-state index >= 15 is 0 Å². The molecule has 1 heterocycles. The number of amides is 1. The van der Waals surface area contributed by atoms with Crippen molar-refractivity contribution in [3.05, 3.63) is 88.7 Å². The summed E-state index contributed by atoms with van der Waals surface area (Å²) in [6, 6.07) is 20.1. The van der Waals surface area contributed by atoms with Crippen molar-refractivity contribution in [2.75, 3.05) is 6.61 Å². The van der Waals surface area contributed by atoms with Gasteiger partial charge in [0.1, 0.15) is 5.75 Å². The zero-order chi connectivity index (χ0) is 22.3. The maximum absolute atomic E-state index is 13.3. The van der Waals surface area contributed by atoms with E-state index in [1.54, 1.807) is 24.3 Å². The monoisotopic (exact) mass is 450 g/mol. The molecule has 0 aliphatic heterocycles. The molecule has 5 heteroatoms. The van der Waals surface area contributed by atoms with Crippen molar-refractivity contribution < 1.29 is 9.53 Å². The van der Waals surface area contributed by atoms with Crippen LogP contribution in [0.3, 0.4) is 0 Å². The number of ether oxygens (including phenoxy) is 1. The minimum atomic E-state index is 0.0375. The average Bonchev–Trinajstić information content (AvgIpc) is 3.25. The number of hydrogen-bond donors (Lipinski definition) is 0. The van der Waals surface area contributed by atoms with Crippen LogP contribution in [-0.2, 0) is 17.9 Å². The van der Waals surface area contributed by atoms with Gasteiger partial charge in [-0.1, -0.05) is 55.1 Å². The summed E-state index contributed by atoms with van der Waals surface area (Å²) in [5.41, 5.74) is 3.73. The Morgan fingerprint density at radius 1 is 1.03 bits per heavy atom. The van der Waals surface area contributed by atoms with Gasteiger partial charge in [0.25, 0.3) is 5.91 Å². The van der Waals surface area contributed by atoms with Gasteiger partial charge in [0, 0.05) is 29.5 Å². The number of nitrogens with zero attached hydrogens (tertiary/aromatic N) is 2. The largest absolute Gasteiger partial charge is 0.484 e. The molecule has 0 bridgehead atoms. The molecular weight excluding hydrogens is 420 g/mol. The van der Waals surface area contributed by atoms with Gasteiger partial charge < -0.3 is 14.2 Å². The number of rotatable bonds is 8. The highest BCUT2D eigenvalue weighted by atomic mass is 35.5. The first-order valence-corrected chi connectivity index (χ1v) is 11.8. The number of halogens is 1. The Bertz CT molecular complexity index is 1020. The van der Waals surface area contributed by atoms with Crippen LogP contribution in [0.4, 0.5) is 0 Å². The molecule has 0 unspecified atom stereocenters. The summed E-state index contributed by atoms with van der Waals surface area (Å²) >= 11 is 5.96. The lowest BCUT2D eigenvalue weighted by Gasteiger charge is -2.34. The summed E-state index contributed by atoms with van der Waals surface area (Å²) in [6.07, 6.45) is 7.84. The molecule has 1 amide bonds. The van der Waals surface area contributed by atoms with Crippen molar-refractivity contribution in [1.82, 2.24) is 9.47 Å². The van der Waals surface area contributed by atoms with E-state index in [4.69, 9.17) is 16.3 Å². The second kappa shape index (κ2) is 10.7. The maximum Gasteiger partial charge on any atom is 0.261 e. The Kier molecular flexibility index (Phi) is 7.54. The third kappa shape index (κ3) is 5.74. The fourth-order valence-electron chi connectivity index (χ4n) is 4.47. The van der Waals surface area contributed by atoms with E-state index < -0.39 is 0 Å². The van der Waals surface area contributed by atoms with E-state index in [-0.39, 0.29) is 18.6 Å². The van der Waals surface area contributed by atoms with Crippen molar-refractivity contribution in [3.63, 3.8) is 0 Å². The topological polar surface area (TPSA) is 34.5 Å². The molecule has 3 aromatic rings. The van der Waals surface area contributed by atoms with Gasteiger partial charge in [-0.25, -0.2) is 0 Å². The van der Waals surface area contributed by atoms with Crippen LogP contribution >= 0.6 is 11.6 Å². The van der Waals surface area contributed by atoms with Gasteiger partial charge in [-0.05, 0) is 67.3 Å². The molecule has 2 aromatic carbocycles. The molecule has 32 heavy (non-hydrogen) atoms. The minimum Gasteiger partial charge on any atom is -0.484 e. The van der Waals surface area contributed by atoms with Crippen LogP contribution in [0.1, 0.15) is 48.9 Å². The number of carbonyl (C=O) groups excluding carboxylic acids is 1. The van der Waals surface area contributed by atoms with E-state index in [9.17, 15) is 4.79 Å². The van der Waals surface area contributed by atoms with E-state index in [2.05, 4.69) is 54.1 Å².